The first-order valence-corrected chi connectivity index (χ1v) is 39.0. The summed E-state index contributed by atoms with van der Waals surface area (Å²) in [4.78, 5) is 91.2. The van der Waals surface area contributed by atoms with Crippen LogP contribution in [0.25, 0.3) is 0 Å². The molecule has 107 heavy (non-hydrogen) atoms. The first-order valence-electron chi connectivity index (χ1n) is 39.0. The lowest BCUT2D eigenvalue weighted by molar-refractivity contribution is -0.141. The summed E-state index contributed by atoms with van der Waals surface area (Å²) in [5, 5.41) is 12.0. The number of halogens is 2. The van der Waals surface area contributed by atoms with Crippen LogP contribution in [-0.2, 0) is 24.7 Å². The highest BCUT2D eigenvalue weighted by Crippen LogP contribution is 2.43. The molecule has 0 aliphatic carbocycles. The molecule has 5 N–H and O–H groups in total. The van der Waals surface area contributed by atoms with Crippen LogP contribution < -0.4 is 11.5 Å². The Balaban J connectivity index is 0.000000173. The molecule has 6 aliphatic heterocycles. The Morgan fingerprint density at radius 1 is 0.449 bits per heavy atom. The van der Waals surface area contributed by atoms with E-state index in [0.29, 0.717) is 115 Å². The van der Waals surface area contributed by atoms with Crippen LogP contribution in [0.1, 0.15) is 171 Å². The highest BCUT2D eigenvalue weighted by Gasteiger charge is 2.45. The normalized spacial score (nSPS) is 19.7. The number of carbonyl (C=O) groups excluding carboxylic acids is 6. The van der Waals surface area contributed by atoms with Crippen molar-refractivity contribution in [3.8, 4) is 0 Å². The van der Waals surface area contributed by atoms with Gasteiger partial charge in [0.05, 0.1) is 12.1 Å². The van der Waals surface area contributed by atoms with Crippen LogP contribution >= 0.6 is 0 Å². The number of nitrogens with two attached hydrogens (primary N) is 2. The van der Waals surface area contributed by atoms with Gasteiger partial charge >= 0.3 is 18.2 Å². The fourth-order valence-electron chi connectivity index (χ4n) is 16.9. The fourth-order valence-corrected chi connectivity index (χ4v) is 16.9. The van der Waals surface area contributed by atoms with E-state index in [-0.39, 0.29) is 82.9 Å². The molecule has 12 rings (SSSR count). The minimum absolute atomic E-state index is 0.0372. The zero-order chi connectivity index (χ0) is 76.6. The minimum atomic E-state index is -1.07. The molecule has 8 amide bonds. The number of amides is 8. The number of primary amides is 2. The fraction of sp³-hybridized carbons (Fsp3) is 0.517. The molecule has 0 saturated carbocycles. The van der Waals surface area contributed by atoms with Gasteiger partial charge in [0, 0.05) is 129 Å². The van der Waals surface area contributed by atoms with E-state index in [9.17, 15) is 38.3 Å². The Kier molecular flexibility index (Phi) is 27.9. The molecule has 6 saturated heterocycles. The van der Waals surface area contributed by atoms with Crippen molar-refractivity contribution in [2.45, 2.75) is 161 Å². The second-order valence-electron chi connectivity index (χ2n) is 32.8. The van der Waals surface area contributed by atoms with Crippen LogP contribution in [0.2, 0.25) is 0 Å². The Hall–Kier alpha value is -8.72. The third kappa shape index (κ3) is 21.4. The summed E-state index contributed by atoms with van der Waals surface area (Å²) in [7, 11) is 0. The molecular weight excluding hydrogens is 1350 g/mol. The predicted molar refractivity (Wildman–Crippen MR) is 415 cm³/mol. The molecule has 2 unspecified atom stereocenters. The highest BCUT2D eigenvalue weighted by atomic mass is 19.1. The number of benzene rings is 6. The lowest BCUT2D eigenvalue weighted by Crippen LogP contribution is -2.60. The van der Waals surface area contributed by atoms with Gasteiger partial charge in [0.15, 0.2) is 0 Å². The molecule has 0 radical (unpaired) electrons. The number of rotatable bonds is 16. The standard InChI is InChI=1S/C33H45F2N3O3.C28H38N4O2.C26H33N3O3/c1-32(2,3)28-22-37(30(24-11-13-25(34)14-12-24)26-9-7-8-10-27(26)35)19-20-38(28)29(39)21-23-15-17-36(18-16-23)31(40)41-33(4,5)6;1-21(2)25-20-31(27(23-9-5-3-6-10-23)24-11-7-4-8-12-24)17-18-32(25)26(33)19-22-13-15-30(16-14-22)28(29)34;27-25(31)29-15-11-20(12-16-29)19-24(30)28-17-13-23(14-18-28)26(32,21-7-3-1-4-8-21)22-9-5-2-6-10-22/h7-14,23,28,30H,15-22H2,1-6H3;3-12,21-22,25,27H,13-20H2,1-2H3,(H2,29,34);1-10,20,23,32H,11-19H2,(H2,27,31)/t28-,30?;;/m1../s1. The monoisotopic (exact) mass is 1470 g/mol. The quantitative estimate of drug-likeness (QED) is 0.0834. The molecule has 6 aromatic rings. The van der Waals surface area contributed by atoms with Gasteiger partial charge in [-0.25, -0.2) is 23.2 Å². The topological polar surface area (TPSA) is 210 Å². The summed E-state index contributed by atoms with van der Waals surface area (Å²) in [5.41, 5.74) is 14.7. The van der Waals surface area contributed by atoms with Gasteiger partial charge < -0.3 is 50.7 Å². The van der Waals surface area contributed by atoms with E-state index >= 15 is 4.39 Å². The summed E-state index contributed by atoms with van der Waals surface area (Å²) < 4.78 is 34.4. The second kappa shape index (κ2) is 36.9. The van der Waals surface area contributed by atoms with Crippen molar-refractivity contribution < 1.29 is 47.4 Å². The van der Waals surface area contributed by atoms with Crippen LogP contribution in [0.15, 0.2) is 170 Å². The van der Waals surface area contributed by atoms with Crippen LogP contribution in [0.4, 0.5) is 23.2 Å². The summed E-state index contributed by atoms with van der Waals surface area (Å²) >= 11 is 0. The third-order valence-electron chi connectivity index (χ3n) is 23.0. The number of likely N-dealkylation sites (tertiary alicyclic amines) is 4. The number of carbonyl (C=O) groups is 6. The van der Waals surface area contributed by atoms with Gasteiger partial charge in [-0.3, -0.25) is 24.2 Å². The van der Waals surface area contributed by atoms with Gasteiger partial charge in [0.25, 0.3) is 0 Å². The Bertz CT molecular complexity index is 3750. The van der Waals surface area contributed by atoms with Crippen molar-refractivity contribution in [2.24, 2.45) is 46.5 Å². The molecule has 20 heteroatoms. The number of urea groups is 2. The lowest BCUT2D eigenvalue weighted by atomic mass is 9.72. The summed E-state index contributed by atoms with van der Waals surface area (Å²) in [6.07, 6.45) is 7.65. The van der Waals surface area contributed by atoms with E-state index in [1.165, 1.54) is 29.3 Å². The van der Waals surface area contributed by atoms with Gasteiger partial charge in [-0.2, -0.15) is 0 Å². The number of piperazine rings is 2. The largest absolute Gasteiger partial charge is 0.444 e. The zero-order valence-corrected chi connectivity index (χ0v) is 64.3. The minimum Gasteiger partial charge on any atom is -0.444 e. The number of piperidine rings is 4. The summed E-state index contributed by atoms with van der Waals surface area (Å²) in [6, 6.07) is 53.3. The Labute approximate surface area is 633 Å². The van der Waals surface area contributed by atoms with Gasteiger partial charge in [-0.15, -0.1) is 0 Å². The van der Waals surface area contributed by atoms with E-state index in [1.807, 2.05) is 97.3 Å². The zero-order valence-electron chi connectivity index (χ0n) is 64.3. The van der Waals surface area contributed by atoms with Crippen molar-refractivity contribution in [2.75, 3.05) is 91.6 Å². The summed E-state index contributed by atoms with van der Waals surface area (Å²) in [6.45, 7) is 25.7. The highest BCUT2D eigenvalue weighted by molar-refractivity contribution is 5.78. The van der Waals surface area contributed by atoms with E-state index in [1.54, 1.807) is 39.0 Å². The van der Waals surface area contributed by atoms with Gasteiger partial charge in [-0.1, -0.05) is 186 Å². The maximum Gasteiger partial charge on any atom is 0.410 e. The van der Waals surface area contributed by atoms with Gasteiger partial charge in [-0.05, 0) is 153 Å². The molecule has 6 aliphatic rings. The number of aliphatic hydroxyl groups is 1. The average molecular weight is 1470 g/mol. The molecule has 0 bridgehead atoms. The maximum absolute atomic E-state index is 15.1. The van der Waals surface area contributed by atoms with Crippen LogP contribution in [0, 0.1) is 46.6 Å². The van der Waals surface area contributed by atoms with Crippen molar-refractivity contribution in [3.05, 3.63) is 215 Å². The van der Waals surface area contributed by atoms with Crippen LogP contribution in [0.5, 0.6) is 0 Å². The Morgan fingerprint density at radius 2 is 0.841 bits per heavy atom. The molecule has 576 valence electrons. The summed E-state index contributed by atoms with van der Waals surface area (Å²) in [5.74, 6) is 1.19. The maximum atomic E-state index is 15.1. The van der Waals surface area contributed by atoms with Crippen molar-refractivity contribution >= 4 is 35.9 Å². The lowest BCUT2D eigenvalue weighted by Gasteiger charge is -2.50. The molecule has 6 fully saturated rings. The number of hydrogen-bond donors (Lipinski definition) is 3. The van der Waals surface area contributed by atoms with Crippen molar-refractivity contribution in [1.82, 2.24) is 39.2 Å². The van der Waals surface area contributed by atoms with E-state index in [2.05, 4.69) is 110 Å². The predicted octanol–water partition coefficient (Wildman–Crippen LogP) is 14.1. The van der Waals surface area contributed by atoms with Crippen molar-refractivity contribution in [3.63, 3.8) is 0 Å². The van der Waals surface area contributed by atoms with E-state index in [4.69, 9.17) is 16.2 Å². The van der Waals surface area contributed by atoms with E-state index < -0.39 is 17.2 Å². The second-order valence-corrected chi connectivity index (χ2v) is 32.8. The first-order chi connectivity index (χ1) is 51.1. The van der Waals surface area contributed by atoms with Crippen LogP contribution in [-0.4, -0.2) is 189 Å². The molecule has 6 heterocycles. The molecular formula is C87H116F2N10O8. The van der Waals surface area contributed by atoms with Gasteiger partial charge in [0.1, 0.15) is 22.8 Å². The molecule has 0 spiro atoms. The van der Waals surface area contributed by atoms with Crippen LogP contribution in [0.3, 0.4) is 0 Å². The molecule has 3 atom stereocenters. The van der Waals surface area contributed by atoms with Gasteiger partial charge in [0.2, 0.25) is 17.7 Å². The number of nitrogens with zero attached hydrogens (tertiary/aromatic N) is 8. The SMILES string of the molecule is CC(C)(C)OC(=O)N1CCC(CC(=O)N2CCN(C(c3ccc(F)cc3)c3ccccc3F)C[C@@H]2C(C)(C)C)CC1.CC(C)C1CN(C(c2ccccc2)c2ccccc2)CCN1C(=O)CC1CCN(C(N)=O)CC1.NC(=O)N1CCC(CC(=O)N2CCC(C(O)(c3ccccc3)c3ccccc3)CC2)CC1. The average Bonchev–Trinajstić information content (AvgIpc) is 0.774. The molecule has 18 nitrogen and oxygen atoms in total. The Morgan fingerprint density at radius 3 is 1.28 bits per heavy atom. The third-order valence-corrected chi connectivity index (χ3v) is 23.0. The first kappa shape index (κ1) is 80.8. The molecule has 0 aromatic heterocycles. The van der Waals surface area contributed by atoms with E-state index in [0.717, 1.165) is 87.7 Å². The molecule has 6 aromatic carbocycles. The number of hydrogen-bond acceptors (Lipinski definition) is 10. The smallest absolute Gasteiger partial charge is 0.410 e. The van der Waals surface area contributed by atoms with Crippen molar-refractivity contribution in [1.29, 1.82) is 0 Å². The number of ether oxygens (including phenoxy) is 1.